The largest absolute Gasteiger partial charge is 0.492 e. The number of rotatable bonds is 4. The highest BCUT2D eigenvalue weighted by Gasteiger charge is 2.71. The summed E-state index contributed by atoms with van der Waals surface area (Å²) in [5, 5.41) is 8.74. The van der Waals surface area contributed by atoms with Crippen molar-refractivity contribution in [3.8, 4) is 5.75 Å². The third-order valence-corrected chi connectivity index (χ3v) is 4.56. The molecule has 1 aromatic carbocycles. The van der Waals surface area contributed by atoms with Crippen LogP contribution in [0.3, 0.4) is 0 Å². The quantitative estimate of drug-likeness (QED) is 0.916. The molecule has 2 aliphatic carbocycles. The molecule has 0 aromatic heterocycles. The molecule has 114 valence electrons. The second-order valence-electron chi connectivity index (χ2n) is 5.60. The zero-order valence-corrected chi connectivity index (χ0v) is 11.5. The lowest BCUT2D eigenvalue weighted by Gasteiger charge is -2.16. The van der Waals surface area contributed by atoms with Crippen LogP contribution < -0.4 is 4.74 Å². The molecule has 3 nitrogen and oxygen atoms in total. The van der Waals surface area contributed by atoms with Crippen molar-refractivity contribution in [2.45, 2.75) is 18.8 Å². The summed E-state index contributed by atoms with van der Waals surface area (Å²) < 4.78 is 45.0. The van der Waals surface area contributed by atoms with Gasteiger partial charge in [0.1, 0.15) is 11.6 Å². The zero-order valence-electron chi connectivity index (χ0n) is 10.8. The van der Waals surface area contributed by atoms with Crippen molar-refractivity contribution in [3.05, 3.63) is 28.5 Å². The molecule has 3 atom stereocenters. The predicted molar refractivity (Wildman–Crippen MR) is 68.5 cm³/mol. The van der Waals surface area contributed by atoms with Crippen LogP contribution in [-0.2, 0) is 0 Å². The molecule has 2 saturated carbocycles. The molecule has 1 aromatic rings. The van der Waals surface area contributed by atoms with Gasteiger partial charge >= 0.3 is 5.97 Å². The first-order valence-corrected chi connectivity index (χ1v) is 6.91. The molecule has 1 N–H and O–H groups in total. The Morgan fingerprint density at radius 1 is 1.38 bits per heavy atom. The highest BCUT2D eigenvalue weighted by molar-refractivity contribution is 6.32. The standard InChI is InChI=1S/C14H12ClF3O3/c15-10-3-7(13(19)20)11(16)4-12(10)21-5-6-1-8-9(2-6)14(8,17)18/h3-4,6,8-9H,1-2,5H2,(H,19,20)/t6?,8-,9+. The van der Waals surface area contributed by atoms with Gasteiger partial charge in [-0.15, -0.1) is 0 Å². The number of ether oxygens (including phenoxy) is 1. The lowest BCUT2D eigenvalue weighted by Crippen LogP contribution is -2.15. The van der Waals surface area contributed by atoms with Crippen LogP contribution in [-0.4, -0.2) is 23.6 Å². The van der Waals surface area contributed by atoms with Crippen molar-refractivity contribution in [3.63, 3.8) is 0 Å². The third-order valence-electron chi connectivity index (χ3n) is 4.27. The molecule has 2 aliphatic rings. The highest BCUT2D eigenvalue weighted by atomic mass is 35.5. The number of carboxylic acids is 1. The lowest BCUT2D eigenvalue weighted by atomic mass is 10.0. The van der Waals surface area contributed by atoms with E-state index in [1.54, 1.807) is 0 Å². The smallest absolute Gasteiger partial charge is 0.338 e. The van der Waals surface area contributed by atoms with Gasteiger partial charge in [-0.2, -0.15) is 0 Å². The second-order valence-corrected chi connectivity index (χ2v) is 6.01. The summed E-state index contributed by atoms with van der Waals surface area (Å²) in [6.45, 7) is 0.175. The number of carboxylic acid groups (broad SMARTS) is 1. The second kappa shape index (κ2) is 4.80. The van der Waals surface area contributed by atoms with E-state index < -0.39 is 35.1 Å². The Kier molecular flexibility index (Phi) is 3.31. The van der Waals surface area contributed by atoms with Crippen molar-refractivity contribution in [2.75, 3.05) is 6.61 Å². The Morgan fingerprint density at radius 2 is 2.00 bits per heavy atom. The zero-order chi connectivity index (χ0) is 15.4. The van der Waals surface area contributed by atoms with Crippen molar-refractivity contribution in [2.24, 2.45) is 17.8 Å². The average Bonchev–Trinajstić information content (AvgIpc) is 2.79. The van der Waals surface area contributed by atoms with Crippen molar-refractivity contribution in [1.82, 2.24) is 0 Å². The molecule has 0 radical (unpaired) electrons. The minimum Gasteiger partial charge on any atom is -0.492 e. The van der Waals surface area contributed by atoms with Gasteiger partial charge in [-0.05, 0) is 24.8 Å². The monoisotopic (exact) mass is 320 g/mol. The molecule has 1 unspecified atom stereocenters. The van der Waals surface area contributed by atoms with E-state index in [2.05, 4.69) is 0 Å². The summed E-state index contributed by atoms with van der Waals surface area (Å²) in [5.41, 5.74) is -0.533. The van der Waals surface area contributed by atoms with Crippen LogP contribution in [0.1, 0.15) is 23.2 Å². The van der Waals surface area contributed by atoms with E-state index in [1.807, 2.05) is 0 Å². The summed E-state index contributed by atoms with van der Waals surface area (Å²) >= 11 is 5.84. The normalized spacial score (nSPS) is 29.0. The van der Waals surface area contributed by atoms with Gasteiger partial charge in [-0.1, -0.05) is 11.6 Å². The Labute approximate surface area is 123 Å². The highest BCUT2D eigenvalue weighted by Crippen LogP contribution is 2.65. The van der Waals surface area contributed by atoms with Crippen LogP contribution in [0.4, 0.5) is 13.2 Å². The Bertz CT molecular complexity index is 591. The Hall–Kier alpha value is -1.43. The van der Waals surface area contributed by atoms with Crippen LogP contribution in [0.2, 0.25) is 5.02 Å². The topological polar surface area (TPSA) is 46.5 Å². The van der Waals surface area contributed by atoms with Crippen LogP contribution in [0.15, 0.2) is 12.1 Å². The number of fused-ring (bicyclic) bond motifs is 1. The minimum atomic E-state index is -2.52. The number of carbonyl (C=O) groups is 1. The number of halogens is 4. The van der Waals surface area contributed by atoms with E-state index in [4.69, 9.17) is 21.4 Å². The Morgan fingerprint density at radius 3 is 2.57 bits per heavy atom. The number of hydrogen-bond donors (Lipinski definition) is 1. The maximum absolute atomic E-state index is 13.5. The molecule has 0 aliphatic heterocycles. The van der Waals surface area contributed by atoms with E-state index in [9.17, 15) is 18.0 Å². The van der Waals surface area contributed by atoms with Gasteiger partial charge in [0.05, 0.1) is 17.2 Å². The molecular weight excluding hydrogens is 309 g/mol. The predicted octanol–water partition coefficient (Wildman–Crippen LogP) is 3.85. The van der Waals surface area contributed by atoms with Gasteiger partial charge in [-0.25, -0.2) is 18.0 Å². The van der Waals surface area contributed by atoms with E-state index >= 15 is 0 Å². The minimum absolute atomic E-state index is 0.00194. The van der Waals surface area contributed by atoms with Crippen LogP contribution in [0, 0.1) is 23.6 Å². The number of hydrogen-bond acceptors (Lipinski definition) is 2. The Balaban J connectivity index is 1.62. The van der Waals surface area contributed by atoms with Crippen molar-refractivity contribution in [1.29, 1.82) is 0 Å². The maximum Gasteiger partial charge on any atom is 0.338 e. The van der Waals surface area contributed by atoms with Crippen LogP contribution in [0.5, 0.6) is 5.75 Å². The fraction of sp³-hybridized carbons (Fsp3) is 0.500. The van der Waals surface area contributed by atoms with Gasteiger partial charge in [-0.3, -0.25) is 0 Å². The molecule has 0 heterocycles. The third kappa shape index (κ3) is 2.46. The number of alkyl halides is 2. The number of aromatic carboxylic acids is 1. The maximum atomic E-state index is 13.5. The van der Waals surface area contributed by atoms with Gasteiger partial charge < -0.3 is 9.84 Å². The first kappa shape index (κ1) is 14.5. The van der Waals surface area contributed by atoms with E-state index in [0.717, 1.165) is 12.1 Å². The molecule has 3 rings (SSSR count). The molecule has 0 spiro atoms. The van der Waals surface area contributed by atoms with Gasteiger partial charge in [0.25, 0.3) is 5.92 Å². The first-order chi connectivity index (χ1) is 9.80. The summed E-state index contributed by atoms with van der Waals surface area (Å²) in [6, 6.07) is 1.89. The fourth-order valence-corrected chi connectivity index (χ4v) is 3.28. The molecule has 2 fully saturated rings. The molecule has 0 amide bonds. The average molecular weight is 321 g/mol. The van der Waals surface area contributed by atoms with Gasteiger partial charge in [0.2, 0.25) is 0 Å². The summed E-state index contributed by atoms with van der Waals surface area (Å²) in [5.74, 6) is -5.95. The van der Waals surface area contributed by atoms with E-state index in [1.165, 1.54) is 0 Å². The van der Waals surface area contributed by atoms with Gasteiger partial charge in [0.15, 0.2) is 0 Å². The lowest BCUT2D eigenvalue weighted by molar-refractivity contribution is 0.0580. The molecule has 21 heavy (non-hydrogen) atoms. The van der Waals surface area contributed by atoms with Crippen molar-refractivity contribution < 1.29 is 27.8 Å². The molecule has 0 saturated heterocycles. The van der Waals surface area contributed by atoms with E-state index in [-0.39, 0.29) is 23.3 Å². The SMILES string of the molecule is O=C(O)c1cc(Cl)c(OCC2C[C@@H]3[C@H](C2)C3(F)F)cc1F. The summed E-state index contributed by atoms with van der Waals surface area (Å²) in [7, 11) is 0. The summed E-state index contributed by atoms with van der Waals surface area (Å²) in [4.78, 5) is 10.7. The fourth-order valence-electron chi connectivity index (χ4n) is 3.06. The van der Waals surface area contributed by atoms with Crippen LogP contribution in [0.25, 0.3) is 0 Å². The van der Waals surface area contributed by atoms with Gasteiger partial charge in [0, 0.05) is 17.9 Å². The molecular formula is C14H12ClF3O3. The van der Waals surface area contributed by atoms with E-state index in [0.29, 0.717) is 12.8 Å². The first-order valence-electron chi connectivity index (χ1n) is 6.53. The van der Waals surface area contributed by atoms with Crippen molar-refractivity contribution >= 4 is 17.6 Å². The van der Waals surface area contributed by atoms with Crippen LogP contribution >= 0.6 is 11.6 Å². The summed E-state index contributed by atoms with van der Waals surface area (Å²) in [6.07, 6.45) is 0.788. The molecule has 0 bridgehead atoms. The molecule has 7 heteroatoms. The number of benzene rings is 1.